The predicted molar refractivity (Wildman–Crippen MR) is 62.1 cm³/mol. The number of nitrogens with zero attached hydrogens (tertiary/aromatic N) is 2. The normalized spacial score (nSPS) is 10.5. The Balaban J connectivity index is 2.37. The van der Waals surface area contributed by atoms with Crippen LogP contribution in [-0.2, 0) is 6.42 Å². The summed E-state index contributed by atoms with van der Waals surface area (Å²) in [6.07, 6.45) is 2.90. The van der Waals surface area contributed by atoms with E-state index in [9.17, 15) is 0 Å². The average molecular weight is 201 g/mol. The van der Waals surface area contributed by atoms with Gasteiger partial charge in [0.2, 0.25) is 0 Å². The minimum Gasteiger partial charge on any atom is -0.396 e. The highest BCUT2D eigenvalue weighted by molar-refractivity contribution is 5.44. The highest BCUT2D eigenvalue weighted by atomic mass is 15.3. The lowest BCUT2D eigenvalue weighted by Gasteiger charge is -2.02. The summed E-state index contributed by atoms with van der Waals surface area (Å²) in [5, 5.41) is 4.33. The molecule has 0 saturated carbocycles. The van der Waals surface area contributed by atoms with Crippen LogP contribution >= 0.6 is 0 Å². The van der Waals surface area contributed by atoms with E-state index in [2.05, 4.69) is 36.3 Å². The summed E-state index contributed by atoms with van der Waals surface area (Å²) in [6, 6.07) is 8.35. The molecule has 1 aromatic heterocycles. The SMILES string of the molecule is CCc1ccc(-n2cc(N)c(C)n2)cc1. The summed E-state index contributed by atoms with van der Waals surface area (Å²) in [5.41, 5.74) is 9.73. The van der Waals surface area contributed by atoms with Gasteiger partial charge >= 0.3 is 0 Å². The maximum Gasteiger partial charge on any atom is 0.0827 e. The lowest BCUT2D eigenvalue weighted by molar-refractivity contribution is 0.861. The van der Waals surface area contributed by atoms with Crippen LogP contribution in [0.1, 0.15) is 18.2 Å². The van der Waals surface area contributed by atoms with Gasteiger partial charge in [0.05, 0.1) is 23.3 Å². The molecule has 0 amide bonds. The first-order valence-corrected chi connectivity index (χ1v) is 5.11. The molecule has 0 fully saturated rings. The quantitative estimate of drug-likeness (QED) is 0.810. The van der Waals surface area contributed by atoms with E-state index in [1.165, 1.54) is 5.56 Å². The van der Waals surface area contributed by atoms with E-state index >= 15 is 0 Å². The third kappa shape index (κ3) is 1.86. The Labute approximate surface area is 89.5 Å². The Hall–Kier alpha value is -1.77. The molecule has 0 atom stereocenters. The Kier molecular flexibility index (Phi) is 2.46. The molecule has 0 bridgehead atoms. The van der Waals surface area contributed by atoms with E-state index in [4.69, 9.17) is 5.73 Å². The van der Waals surface area contributed by atoms with Gasteiger partial charge in [-0.05, 0) is 31.0 Å². The summed E-state index contributed by atoms with van der Waals surface area (Å²) in [7, 11) is 0. The first kappa shape index (κ1) is 9.77. The average Bonchev–Trinajstić information content (AvgIpc) is 2.59. The summed E-state index contributed by atoms with van der Waals surface area (Å²) in [5.74, 6) is 0. The lowest BCUT2D eigenvalue weighted by atomic mass is 10.1. The fourth-order valence-corrected chi connectivity index (χ4v) is 1.49. The molecule has 0 aliphatic carbocycles. The van der Waals surface area contributed by atoms with Crippen LogP contribution in [0.15, 0.2) is 30.5 Å². The van der Waals surface area contributed by atoms with E-state index in [-0.39, 0.29) is 0 Å². The van der Waals surface area contributed by atoms with Gasteiger partial charge in [0, 0.05) is 0 Å². The van der Waals surface area contributed by atoms with E-state index < -0.39 is 0 Å². The zero-order chi connectivity index (χ0) is 10.8. The van der Waals surface area contributed by atoms with Crippen molar-refractivity contribution in [2.24, 2.45) is 0 Å². The number of rotatable bonds is 2. The summed E-state index contributed by atoms with van der Waals surface area (Å²) < 4.78 is 1.81. The number of aryl methyl sites for hydroxylation is 2. The molecule has 3 heteroatoms. The number of hydrogen-bond donors (Lipinski definition) is 1. The van der Waals surface area contributed by atoms with E-state index in [1.807, 2.05) is 17.8 Å². The zero-order valence-corrected chi connectivity index (χ0v) is 9.07. The molecular formula is C12H15N3. The van der Waals surface area contributed by atoms with Gasteiger partial charge < -0.3 is 5.73 Å². The Bertz CT molecular complexity index is 435. The van der Waals surface area contributed by atoms with Crippen LogP contribution in [0, 0.1) is 6.92 Å². The van der Waals surface area contributed by atoms with E-state index in [1.54, 1.807) is 0 Å². The molecule has 0 radical (unpaired) electrons. The van der Waals surface area contributed by atoms with Crippen LogP contribution in [0.5, 0.6) is 0 Å². The van der Waals surface area contributed by atoms with Crippen molar-refractivity contribution in [3.8, 4) is 5.69 Å². The molecule has 2 rings (SSSR count). The summed E-state index contributed by atoms with van der Waals surface area (Å²) >= 11 is 0. The number of hydrogen-bond acceptors (Lipinski definition) is 2. The molecule has 0 saturated heterocycles. The molecule has 0 spiro atoms. The molecular weight excluding hydrogens is 186 g/mol. The van der Waals surface area contributed by atoms with Crippen LogP contribution in [0.2, 0.25) is 0 Å². The smallest absolute Gasteiger partial charge is 0.0827 e. The van der Waals surface area contributed by atoms with E-state index in [0.717, 1.165) is 23.5 Å². The predicted octanol–water partition coefficient (Wildman–Crippen LogP) is 2.33. The van der Waals surface area contributed by atoms with Crippen molar-refractivity contribution in [1.82, 2.24) is 9.78 Å². The first-order valence-electron chi connectivity index (χ1n) is 5.11. The van der Waals surface area contributed by atoms with Gasteiger partial charge in [-0.2, -0.15) is 5.10 Å². The molecule has 1 aromatic carbocycles. The van der Waals surface area contributed by atoms with Crippen LogP contribution < -0.4 is 5.73 Å². The molecule has 0 unspecified atom stereocenters. The number of nitrogens with two attached hydrogens (primary N) is 1. The van der Waals surface area contributed by atoms with Crippen LogP contribution in [0.3, 0.4) is 0 Å². The number of benzene rings is 1. The topological polar surface area (TPSA) is 43.8 Å². The second kappa shape index (κ2) is 3.77. The fraction of sp³-hybridized carbons (Fsp3) is 0.250. The third-order valence-corrected chi connectivity index (χ3v) is 2.55. The number of aromatic nitrogens is 2. The van der Waals surface area contributed by atoms with Crippen molar-refractivity contribution >= 4 is 5.69 Å². The molecule has 3 nitrogen and oxygen atoms in total. The van der Waals surface area contributed by atoms with Gasteiger partial charge in [-0.15, -0.1) is 0 Å². The number of anilines is 1. The Morgan fingerprint density at radius 1 is 1.27 bits per heavy atom. The molecule has 78 valence electrons. The monoisotopic (exact) mass is 201 g/mol. The van der Waals surface area contributed by atoms with Crippen LogP contribution in [0.25, 0.3) is 5.69 Å². The van der Waals surface area contributed by atoms with E-state index in [0.29, 0.717) is 0 Å². The molecule has 2 aromatic rings. The van der Waals surface area contributed by atoms with Gasteiger partial charge in [-0.1, -0.05) is 19.1 Å². The van der Waals surface area contributed by atoms with Gasteiger partial charge in [-0.25, -0.2) is 4.68 Å². The molecule has 2 N–H and O–H groups in total. The lowest BCUT2D eigenvalue weighted by Crippen LogP contribution is -1.94. The molecule has 0 aliphatic heterocycles. The highest BCUT2D eigenvalue weighted by Gasteiger charge is 2.02. The highest BCUT2D eigenvalue weighted by Crippen LogP contribution is 2.14. The summed E-state index contributed by atoms with van der Waals surface area (Å²) in [4.78, 5) is 0. The van der Waals surface area contributed by atoms with Crippen LogP contribution in [-0.4, -0.2) is 9.78 Å². The second-order valence-electron chi connectivity index (χ2n) is 3.63. The van der Waals surface area contributed by atoms with Gasteiger partial charge in [0.1, 0.15) is 0 Å². The van der Waals surface area contributed by atoms with Gasteiger partial charge in [0.25, 0.3) is 0 Å². The molecule has 1 heterocycles. The Morgan fingerprint density at radius 2 is 1.93 bits per heavy atom. The largest absolute Gasteiger partial charge is 0.396 e. The standard InChI is InChI=1S/C12H15N3/c1-3-10-4-6-11(7-5-10)15-8-12(13)9(2)14-15/h4-8H,3,13H2,1-2H3. The maximum absolute atomic E-state index is 5.75. The van der Waals surface area contributed by atoms with Crippen LogP contribution in [0.4, 0.5) is 5.69 Å². The number of nitrogen functional groups attached to an aromatic ring is 1. The summed E-state index contributed by atoms with van der Waals surface area (Å²) in [6.45, 7) is 4.05. The zero-order valence-electron chi connectivity index (χ0n) is 9.07. The van der Waals surface area contributed by atoms with Crippen molar-refractivity contribution < 1.29 is 0 Å². The fourth-order valence-electron chi connectivity index (χ4n) is 1.49. The molecule has 0 aliphatic rings. The minimum absolute atomic E-state index is 0.731. The first-order chi connectivity index (χ1) is 7.20. The Morgan fingerprint density at radius 3 is 2.40 bits per heavy atom. The third-order valence-electron chi connectivity index (χ3n) is 2.55. The van der Waals surface area contributed by atoms with Crippen molar-refractivity contribution in [2.45, 2.75) is 20.3 Å². The van der Waals surface area contributed by atoms with Crippen molar-refractivity contribution in [3.63, 3.8) is 0 Å². The maximum atomic E-state index is 5.75. The van der Waals surface area contributed by atoms with Crippen molar-refractivity contribution in [1.29, 1.82) is 0 Å². The van der Waals surface area contributed by atoms with Gasteiger partial charge in [-0.3, -0.25) is 0 Å². The second-order valence-corrected chi connectivity index (χ2v) is 3.63. The van der Waals surface area contributed by atoms with Crippen molar-refractivity contribution in [3.05, 3.63) is 41.7 Å². The van der Waals surface area contributed by atoms with Crippen molar-refractivity contribution in [2.75, 3.05) is 5.73 Å². The molecule has 15 heavy (non-hydrogen) atoms. The minimum atomic E-state index is 0.731. The van der Waals surface area contributed by atoms with Gasteiger partial charge in [0.15, 0.2) is 0 Å².